The third-order valence-electron chi connectivity index (χ3n) is 1.89. The van der Waals surface area contributed by atoms with Crippen molar-refractivity contribution in [2.24, 2.45) is 16.6 Å². The number of nitrogens with zero attached hydrogens (tertiary/aromatic N) is 1. The third kappa shape index (κ3) is 4.33. The van der Waals surface area contributed by atoms with Crippen LogP contribution in [-0.2, 0) is 9.84 Å². The van der Waals surface area contributed by atoms with Crippen LogP contribution in [0.2, 0.25) is 0 Å². The second kappa shape index (κ2) is 4.65. The van der Waals surface area contributed by atoms with Crippen molar-refractivity contribution < 1.29 is 8.42 Å². The average Bonchev–Trinajstić information content (AvgIpc) is 2.42. The second-order valence-electron chi connectivity index (χ2n) is 4.03. The van der Waals surface area contributed by atoms with Crippen LogP contribution < -0.4 is 11.1 Å². The zero-order valence-electron chi connectivity index (χ0n) is 8.97. The van der Waals surface area contributed by atoms with Gasteiger partial charge in [0.25, 0.3) is 0 Å². The SMILES string of the molecule is CC(C)CN=C(N)NC1C=CS(=O)(=O)C1. The van der Waals surface area contributed by atoms with Crippen LogP contribution in [0.25, 0.3) is 0 Å². The fourth-order valence-corrected chi connectivity index (χ4v) is 2.42. The van der Waals surface area contributed by atoms with E-state index in [2.05, 4.69) is 10.3 Å². The molecule has 6 heteroatoms. The maximum Gasteiger partial charge on any atom is 0.189 e. The number of aliphatic imine (C=N–C) groups is 1. The number of sulfone groups is 1. The number of nitrogens with one attached hydrogen (secondary N) is 1. The molecule has 1 atom stereocenters. The smallest absolute Gasteiger partial charge is 0.189 e. The van der Waals surface area contributed by atoms with Gasteiger partial charge < -0.3 is 11.1 Å². The summed E-state index contributed by atoms with van der Waals surface area (Å²) in [7, 11) is -3.03. The van der Waals surface area contributed by atoms with E-state index in [9.17, 15) is 8.42 Å². The number of nitrogens with two attached hydrogens (primary N) is 1. The Morgan fingerprint density at radius 3 is 2.80 bits per heavy atom. The molecule has 1 unspecified atom stereocenters. The second-order valence-corrected chi connectivity index (χ2v) is 5.96. The zero-order valence-corrected chi connectivity index (χ0v) is 9.79. The topological polar surface area (TPSA) is 84.5 Å². The lowest BCUT2D eigenvalue weighted by atomic mass is 10.2. The number of hydrogen-bond donors (Lipinski definition) is 2. The lowest BCUT2D eigenvalue weighted by Crippen LogP contribution is -2.40. The van der Waals surface area contributed by atoms with Crippen LogP contribution in [0.1, 0.15) is 13.8 Å². The minimum absolute atomic E-state index is 0.0604. The van der Waals surface area contributed by atoms with Crippen molar-refractivity contribution in [2.75, 3.05) is 12.3 Å². The summed E-state index contributed by atoms with van der Waals surface area (Å²) in [5.41, 5.74) is 5.60. The summed E-state index contributed by atoms with van der Waals surface area (Å²) >= 11 is 0. The summed E-state index contributed by atoms with van der Waals surface area (Å²) < 4.78 is 22.2. The van der Waals surface area contributed by atoms with Crippen LogP contribution in [0.15, 0.2) is 16.5 Å². The Labute approximate surface area is 90.4 Å². The summed E-state index contributed by atoms with van der Waals surface area (Å²) in [6.45, 7) is 4.72. The highest BCUT2D eigenvalue weighted by molar-refractivity contribution is 7.94. The molecule has 0 aromatic heterocycles. The Kier molecular flexibility index (Phi) is 3.73. The van der Waals surface area contributed by atoms with Gasteiger partial charge in [0.05, 0.1) is 11.8 Å². The van der Waals surface area contributed by atoms with Crippen molar-refractivity contribution in [3.8, 4) is 0 Å². The molecule has 0 bridgehead atoms. The Bertz CT molecular complexity index is 371. The molecule has 0 aromatic carbocycles. The van der Waals surface area contributed by atoms with Crippen molar-refractivity contribution >= 4 is 15.8 Å². The van der Waals surface area contributed by atoms with Gasteiger partial charge in [-0.2, -0.15) is 0 Å². The first-order chi connectivity index (χ1) is 6.89. The van der Waals surface area contributed by atoms with Crippen LogP contribution >= 0.6 is 0 Å². The Hall–Kier alpha value is -1.04. The fraction of sp³-hybridized carbons (Fsp3) is 0.667. The lowest BCUT2D eigenvalue weighted by molar-refractivity contribution is 0.602. The van der Waals surface area contributed by atoms with Gasteiger partial charge in [-0.15, -0.1) is 0 Å². The predicted molar refractivity (Wildman–Crippen MR) is 61.2 cm³/mol. The quantitative estimate of drug-likeness (QED) is 0.523. The fourth-order valence-electron chi connectivity index (χ4n) is 1.18. The van der Waals surface area contributed by atoms with Gasteiger partial charge in [-0.3, -0.25) is 4.99 Å². The van der Waals surface area contributed by atoms with Crippen molar-refractivity contribution in [3.63, 3.8) is 0 Å². The van der Waals surface area contributed by atoms with Crippen molar-refractivity contribution in [1.82, 2.24) is 5.32 Å². The Balaban J connectivity index is 2.44. The molecule has 3 N–H and O–H groups in total. The molecule has 0 aliphatic carbocycles. The van der Waals surface area contributed by atoms with E-state index in [1.165, 1.54) is 5.41 Å². The molecule has 1 rings (SSSR count). The summed E-state index contributed by atoms with van der Waals surface area (Å²) in [5, 5.41) is 4.06. The van der Waals surface area contributed by atoms with E-state index in [4.69, 9.17) is 5.73 Å². The maximum atomic E-state index is 11.1. The molecule has 0 aromatic rings. The first kappa shape index (κ1) is 12.0. The van der Waals surface area contributed by atoms with E-state index in [1.807, 2.05) is 13.8 Å². The normalized spacial score (nSPS) is 24.7. The molecule has 86 valence electrons. The molecular weight excluding hydrogens is 214 g/mol. The van der Waals surface area contributed by atoms with E-state index in [0.29, 0.717) is 18.4 Å². The molecule has 5 nitrogen and oxygen atoms in total. The van der Waals surface area contributed by atoms with E-state index in [1.54, 1.807) is 6.08 Å². The summed E-state index contributed by atoms with van der Waals surface area (Å²) in [6, 6.07) is -0.245. The van der Waals surface area contributed by atoms with Gasteiger partial charge in [-0.25, -0.2) is 8.42 Å². The van der Waals surface area contributed by atoms with E-state index in [-0.39, 0.29) is 11.8 Å². The van der Waals surface area contributed by atoms with Gasteiger partial charge in [-0.1, -0.05) is 13.8 Å². The van der Waals surface area contributed by atoms with Gasteiger partial charge in [0.1, 0.15) is 0 Å². The molecule has 0 fully saturated rings. The van der Waals surface area contributed by atoms with E-state index in [0.717, 1.165) is 0 Å². The van der Waals surface area contributed by atoms with Gasteiger partial charge in [0, 0.05) is 12.0 Å². The average molecular weight is 231 g/mol. The summed E-state index contributed by atoms with van der Waals surface area (Å²) in [6.07, 6.45) is 1.59. The molecule has 1 aliphatic heterocycles. The molecule has 0 saturated carbocycles. The van der Waals surface area contributed by atoms with Gasteiger partial charge in [-0.05, 0) is 12.0 Å². The monoisotopic (exact) mass is 231 g/mol. The van der Waals surface area contributed by atoms with Gasteiger partial charge in [0.15, 0.2) is 15.8 Å². The highest BCUT2D eigenvalue weighted by atomic mass is 32.2. The van der Waals surface area contributed by atoms with E-state index < -0.39 is 9.84 Å². The van der Waals surface area contributed by atoms with Crippen LogP contribution in [-0.4, -0.2) is 32.7 Å². The Morgan fingerprint density at radius 1 is 1.67 bits per heavy atom. The highest BCUT2D eigenvalue weighted by Gasteiger charge is 2.21. The number of rotatable bonds is 3. The van der Waals surface area contributed by atoms with Crippen LogP contribution in [0.4, 0.5) is 0 Å². The predicted octanol–water partition coefficient (Wildman–Crippen LogP) is -0.143. The minimum Gasteiger partial charge on any atom is -0.370 e. The first-order valence-corrected chi connectivity index (χ1v) is 6.58. The maximum absolute atomic E-state index is 11.1. The standard InChI is InChI=1S/C9H17N3O2S/c1-7(2)5-11-9(10)12-8-3-4-15(13,14)6-8/h3-4,7-8H,5-6H2,1-2H3,(H3,10,11,12). The first-order valence-electron chi connectivity index (χ1n) is 4.86. The van der Waals surface area contributed by atoms with Gasteiger partial charge in [0.2, 0.25) is 0 Å². The van der Waals surface area contributed by atoms with Gasteiger partial charge >= 0.3 is 0 Å². The molecule has 1 aliphatic rings. The Morgan fingerprint density at radius 2 is 2.33 bits per heavy atom. The van der Waals surface area contributed by atoms with E-state index >= 15 is 0 Å². The molecule has 0 saturated heterocycles. The highest BCUT2D eigenvalue weighted by Crippen LogP contribution is 2.07. The largest absolute Gasteiger partial charge is 0.370 e. The van der Waals surface area contributed by atoms with Crippen LogP contribution in [0.5, 0.6) is 0 Å². The molecule has 0 spiro atoms. The molecule has 15 heavy (non-hydrogen) atoms. The van der Waals surface area contributed by atoms with Crippen molar-refractivity contribution in [2.45, 2.75) is 19.9 Å². The van der Waals surface area contributed by atoms with Crippen molar-refractivity contribution in [3.05, 3.63) is 11.5 Å². The molecule has 0 radical (unpaired) electrons. The van der Waals surface area contributed by atoms with Crippen LogP contribution in [0.3, 0.4) is 0 Å². The molecular formula is C9H17N3O2S. The number of hydrogen-bond acceptors (Lipinski definition) is 3. The lowest BCUT2D eigenvalue weighted by Gasteiger charge is -2.10. The third-order valence-corrected chi connectivity index (χ3v) is 3.29. The summed E-state index contributed by atoms with van der Waals surface area (Å²) in [5.74, 6) is 0.800. The van der Waals surface area contributed by atoms with Crippen molar-refractivity contribution in [1.29, 1.82) is 0 Å². The minimum atomic E-state index is -3.03. The summed E-state index contributed by atoms with van der Waals surface area (Å²) in [4.78, 5) is 4.09. The molecule has 0 amide bonds. The number of guanidine groups is 1. The molecule has 1 heterocycles. The van der Waals surface area contributed by atoms with Crippen LogP contribution in [0, 0.1) is 5.92 Å². The zero-order chi connectivity index (χ0) is 11.5.